The van der Waals surface area contributed by atoms with Crippen LogP contribution in [-0.2, 0) is 6.42 Å². The van der Waals surface area contributed by atoms with Crippen LogP contribution in [0.2, 0.25) is 0 Å². The van der Waals surface area contributed by atoms with E-state index in [9.17, 15) is 4.79 Å². The van der Waals surface area contributed by atoms with E-state index >= 15 is 0 Å². The van der Waals surface area contributed by atoms with E-state index in [0.717, 1.165) is 48.2 Å². The summed E-state index contributed by atoms with van der Waals surface area (Å²) in [5, 5.41) is 8.18. The molecular formula is C15H26N4OS. The number of hydrogen-bond acceptors (Lipinski definition) is 4. The first-order valence-corrected chi connectivity index (χ1v) is 8.48. The summed E-state index contributed by atoms with van der Waals surface area (Å²) in [7, 11) is 1.96. The number of likely N-dealkylation sites (tertiary alicyclic amines) is 1. The molecule has 21 heavy (non-hydrogen) atoms. The van der Waals surface area contributed by atoms with Gasteiger partial charge in [0.2, 0.25) is 0 Å². The molecule has 1 aliphatic heterocycles. The second-order valence-corrected chi connectivity index (χ2v) is 7.40. The molecule has 0 spiro atoms. The molecule has 118 valence electrons. The van der Waals surface area contributed by atoms with Crippen molar-refractivity contribution >= 4 is 22.4 Å². The predicted molar refractivity (Wildman–Crippen MR) is 88.0 cm³/mol. The first-order valence-electron chi connectivity index (χ1n) is 7.66. The van der Waals surface area contributed by atoms with E-state index in [1.165, 1.54) is 0 Å². The highest BCUT2D eigenvalue weighted by Crippen LogP contribution is 2.27. The number of carbonyl (C=O) groups excluding carboxylic acids is 1. The number of aromatic nitrogens is 1. The number of aryl methyl sites for hydroxylation is 1. The van der Waals surface area contributed by atoms with Gasteiger partial charge in [-0.1, -0.05) is 13.8 Å². The van der Waals surface area contributed by atoms with Gasteiger partial charge >= 0.3 is 6.03 Å². The van der Waals surface area contributed by atoms with Crippen LogP contribution < -0.4 is 10.6 Å². The Labute approximate surface area is 131 Å². The molecule has 1 aromatic rings. The molecule has 6 heteroatoms. The maximum absolute atomic E-state index is 12.4. The van der Waals surface area contributed by atoms with Gasteiger partial charge in [-0.2, -0.15) is 0 Å². The standard InChI is InChI=1S/C15H26N4OS/c1-10(2)7-13-14(21-11(3)17-13)18-15(20)19-6-5-12(9-19)8-16-4/h10,12,16H,5-9H2,1-4H3,(H,18,20). The lowest BCUT2D eigenvalue weighted by molar-refractivity contribution is 0.221. The third kappa shape index (κ3) is 4.41. The fourth-order valence-corrected chi connectivity index (χ4v) is 3.58. The van der Waals surface area contributed by atoms with E-state index in [1.807, 2.05) is 18.9 Å². The van der Waals surface area contributed by atoms with Crippen LogP contribution in [0.4, 0.5) is 9.80 Å². The molecule has 1 fully saturated rings. The minimum absolute atomic E-state index is 0.0160. The van der Waals surface area contributed by atoms with Gasteiger partial charge < -0.3 is 10.2 Å². The third-order valence-corrected chi connectivity index (χ3v) is 4.62. The van der Waals surface area contributed by atoms with Gasteiger partial charge in [-0.25, -0.2) is 9.78 Å². The van der Waals surface area contributed by atoms with E-state index in [2.05, 4.69) is 29.5 Å². The SMILES string of the molecule is CNCC1CCN(C(=O)Nc2sc(C)nc2CC(C)C)C1. The minimum Gasteiger partial charge on any atom is -0.324 e. The summed E-state index contributed by atoms with van der Waals surface area (Å²) in [5.74, 6) is 1.10. The average molecular weight is 310 g/mol. The number of rotatable bonds is 5. The van der Waals surface area contributed by atoms with Crippen LogP contribution in [0.15, 0.2) is 0 Å². The van der Waals surface area contributed by atoms with Gasteiger partial charge in [-0.3, -0.25) is 5.32 Å². The quantitative estimate of drug-likeness (QED) is 0.879. The first kappa shape index (κ1) is 16.2. The highest BCUT2D eigenvalue weighted by Gasteiger charge is 2.26. The van der Waals surface area contributed by atoms with Gasteiger partial charge in [0.25, 0.3) is 0 Å². The lowest BCUT2D eigenvalue weighted by Gasteiger charge is -2.17. The Kier molecular flexibility index (Phi) is 5.58. The molecule has 0 radical (unpaired) electrons. The lowest BCUT2D eigenvalue weighted by Crippen LogP contribution is -2.34. The summed E-state index contributed by atoms with van der Waals surface area (Å²) < 4.78 is 0. The Balaban J connectivity index is 1.97. The number of thiazole rings is 1. The van der Waals surface area contributed by atoms with E-state index in [0.29, 0.717) is 11.8 Å². The molecular weight excluding hydrogens is 284 g/mol. The Morgan fingerprint density at radius 3 is 2.95 bits per heavy atom. The van der Waals surface area contributed by atoms with Gasteiger partial charge in [-0.15, -0.1) is 11.3 Å². The summed E-state index contributed by atoms with van der Waals surface area (Å²) in [6.45, 7) is 8.98. The van der Waals surface area contributed by atoms with E-state index < -0.39 is 0 Å². The summed E-state index contributed by atoms with van der Waals surface area (Å²) in [4.78, 5) is 18.8. The Bertz CT molecular complexity index is 486. The fourth-order valence-electron chi connectivity index (χ4n) is 2.74. The zero-order chi connectivity index (χ0) is 15.4. The second-order valence-electron chi connectivity index (χ2n) is 6.20. The number of amides is 2. The van der Waals surface area contributed by atoms with E-state index in [-0.39, 0.29) is 6.03 Å². The van der Waals surface area contributed by atoms with Gasteiger partial charge in [0.05, 0.1) is 10.7 Å². The molecule has 1 saturated heterocycles. The molecule has 2 N–H and O–H groups in total. The molecule has 1 aromatic heterocycles. The number of hydrogen-bond donors (Lipinski definition) is 2. The highest BCUT2D eigenvalue weighted by molar-refractivity contribution is 7.16. The van der Waals surface area contributed by atoms with Crippen LogP contribution in [0.25, 0.3) is 0 Å². The molecule has 0 saturated carbocycles. The number of nitrogens with zero attached hydrogens (tertiary/aromatic N) is 2. The molecule has 1 atom stereocenters. The second kappa shape index (κ2) is 7.22. The molecule has 2 heterocycles. The van der Waals surface area contributed by atoms with Crippen molar-refractivity contribution in [3.05, 3.63) is 10.7 Å². The van der Waals surface area contributed by atoms with Crippen molar-refractivity contribution in [2.75, 3.05) is 32.0 Å². The summed E-state index contributed by atoms with van der Waals surface area (Å²) in [6, 6.07) is 0.0160. The maximum atomic E-state index is 12.4. The molecule has 2 rings (SSSR count). The molecule has 1 aliphatic rings. The summed E-state index contributed by atoms with van der Waals surface area (Å²) >= 11 is 1.57. The van der Waals surface area contributed by atoms with Gasteiger partial charge in [0.1, 0.15) is 5.00 Å². The van der Waals surface area contributed by atoms with Crippen molar-refractivity contribution in [2.24, 2.45) is 11.8 Å². The Morgan fingerprint density at radius 1 is 1.52 bits per heavy atom. The molecule has 1 unspecified atom stereocenters. The summed E-state index contributed by atoms with van der Waals surface area (Å²) in [5.41, 5.74) is 1.02. The van der Waals surface area contributed by atoms with Crippen LogP contribution in [0.5, 0.6) is 0 Å². The van der Waals surface area contributed by atoms with Crippen molar-refractivity contribution in [1.82, 2.24) is 15.2 Å². The van der Waals surface area contributed by atoms with E-state index in [1.54, 1.807) is 11.3 Å². The number of carbonyl (C=O) groups is 1. The van der Waals surface area contributed by atoms with Crippen molar-refractivity contribution in [2.45, 2.75) is 33.6 Å². The number of urea groups is 1. The summed E-state index contributed by atoms with van der Waals surface area (Å²) in [6.07, 6.45) is 1.98. The largest absolute Gasteiger partial charge is 0.324 e. The molecule has 0 bridgehead atoms. The monoisotopic (exact) mass is 310 g/mol. The van der Waals surface area contributed by atoms with Crippen LogP contribution >= 0.6 is 11.3 Å². The van der Waals surface area contributed by atoms with Gasteiger partial charge in [0.15, 0.2) is 0 Å². The minimum atomic E-state index is 0.0160. The van der Waals surface area contributed by atoms with Crippen LogP contribution in [-0.4, -0.2) is 42.6 Å². The first-order chi connectivity index (χ1) is 9.99. The molecule has 2 amide bonds. The Hall–Kier alpha value is -1.14. The van der Waals surface area contributed by atoms with Crippen molar-refractivity contribution < 1.29 is 4.79 Å². The third-order valence-electron chi connectivity index (χ3n) is 3.69. The van der Waals surface area contributed by atoms with Gasteiger partial charge in [-0.05, 0) is 45.2 Å². The highest BCUT2D eigenvalue weighted by atomic mass is 32.1. The lowest BCUT2D eigenvalue weighted by atomic mass is 10.1. The van der Waals surface area contributed by atoms with Crippen LogP contribution in [0.1, 0.15) is 31.0 Å². The molecule has 5 nitrogen and oxygen atoms in total. The average Bonchev–Trinajstić information content (AvgIpc) is 2.97. The van der Waals surface area contributed by atoms with Crippen molar-refractivity contribution in [3.63, 3.8) is 0 Å². The number of nitrogens with one attached hydrogen (secondary N) is 2. The van der Waals surface area contributed by atoms with Gasteiger partial charge in [0, 0.05) is 13.1 Å². The smallest absolute Gasteiger partial charge is 0.322 e. The Morgan fingerprint density at radius 2 is 2.29 bits per heavy atom. The fraction of sp³-hybridized carbons (Fsp3) is 0.733. The van der Waals surface area contributed by atoms with Crippen molar-refractivity contribution in [1.29, 1.82) is 0 Å². The normalized spacial score (nSPS) is 18.5. The molecule has 0 aliphatic carbocycles. The topological polar surface area (TPSA) is 57.3 Å². The maximum Gasteiger partial charge on any atom is 0.322 e. The zero-order valence-electron chi connectivity index (χ0n) is 13.4. The zero-order valence-corrected chi connectivity index (χ0v) is 14.2. The predicted octanol–water partition coefficient (Wildman–Crippen LogP) is 2.72. The van der Waals surface area contributed by atoms with E-state index in [4.69, 9.17) is 0 Å². The van der Waals surface area contributed by atoms with Crippen molar-refractivity contribution in [3.8, 4) is 0 Å². The van der Waals surface area contributed by atoms with Crippen LogP contribution in [0, 0.1) is 18.8 Å². The molecule has 0 aromatic carbocycles. The number of anilines is 1. The van der Waals surface area contributed by atoms with Crippen LogP contribution in [0.3, 0.4) is 0 Å².